The van der Waals surface area contributed by atoms with Crippen molar-refractivity contribution in [2.45, 2.75) is 31.1 Å². The molecule has 1 N–H and O–H groups in total. The topological polar surface area (TPSA) is 38.3 Å². The Kier molecular flexibility index (Phi) is 4.67. The predicted molar refractivity (Wildman–Crippen MR) is 78.2 cm³/mol. The number of ether oxygens (including phenoxy) is 1. The molecule has 1 aromatic carbocycles. The lowest BCUT2D eigenvalue weighted by molar-refractivity contribution is -0.120. The molecule has 1 unspecified atom stereocenters. The summed E-state index contributed by atoms with van der Waals surface area (Å²) in [7, 11) is 0. The third-order valence-corrected chi connectivity index (χ3v) is 4.44. The fourth-order valence-corrected chi connectivity index (χ4v) is 2.67. The molecular formula is C13H15Br2NO2. The standard InChI is InChI=1S/C13H15Br2NO2/c1-2-11(15)13(17)16-7-9-6-10(14)5-8-3-4-18-12(8)9/h5-6,11H,2-4,7H2,1H3,(H,16,17). The molecule has 1 amide bonds. The molecule has 0 radical (unpaired) electrons. The Morgan fingerprint density at radius 1 is 1.56 bits per heavy atom. The Morgan fingerprint density at radius 2 is 2.33 bits per heavy atom. The van der Waals surface area contributed by atoms with Crippen LogP contribution >= 0.6 is 31.9 Å². The molecule has 0 saturated heterocycles. The van der Waals surface area contributed by atoms with Crippen molar-refractivity contribution in [3.05, 3.63) is 27.7 Å². The van der Waals surface area contributed by atoms with E-state index in [0.29, 0.717) is 6.54 Å². The Labute approximate surface area is 124 Å². The van der Waals surface area contributed by atoms with Gasteiger partial charge in [-0.2, -0.15) is 0 Å². The van der Waals surface area contributed by atoms with Crippen molar-refractivity contribution in [3.8, 4) is 5.75 Å². The number of carbonyl (C=O) groups excluding carboxylic acids is 1. The Hall–Kier alpha value is -0.550. The third-order valence-electron chi connectivity index (χ3n) is 2.92. The van der Waals surface area contributed by atoms with Gasteiger partial charge in [-0.1, -0.05) is 38.8 Å². The van der Waals surface area contributed by atoms with Gasteiger partial charge in [-0.15, -0.1) is 0 Å². The minimum Gasteiger partial charge on any atom is -0.493 e. The average molecular weight is 377 g/mol. The molecule has 0 spiro atoms. The van der Waals surface area contributed by atoms with Crippen LogP contribution in [0.5, 0.6) is 5.75 Å². The molecule has 1 aliphatic heterocycles. The highest BCUT2D eigenvalue weighted by Gasteiger charge is 2.18. The van der Waals surface area contributed by atoms with Crippen LogP contribution in [0.1, 0.15) is 24.5 Å². The highest BCUT2D eigenvalue weighted by Crippen LogP contribution is 2.32. The molecule has 0 aromatic heterocycles. The first-order valence-electron chi connectivity index (χ1n) is 5.97. The maximum atomic E-state index is 11.7. The third kappa shape index (κ3) is 3.06. The summed E-state index contributed by atoms with van der Waals surface area (Å²) in [5, 5.41) is 2.92. The molecular weight excluding hydrogens is 362 g/mol. The van der Waals surface area contributed by atoms with Crippen LogP contribution < -0.4 is 10.1 Å². The van der Waals surface area contributed by atoms with Crippen molar-refractivity contribution >= 4 is 37.8 Å². The van der Waals surface area contributed by atoms with E-state index in [9.17, 15) is 4.79 Å². The Balaban J connectivity index is 2.08. The number of halogens is 2. The average Bonchev–Trinajstić information content (AvgIpc) is 2.82. The normalized spacial score (nSPS) is 14.8. The summed E-state index contributed by atoms with van der Waals surface area (Å²) in [6.07, 6.45) is 1.71. The molecule has 98 valence electrons. The maximum Gasteiger partial charge on any atom is 0.234 e. The van der Waals surface area contributed by atoms with Gasteiger partial charge in [0.25, 0.3) is 0 Å². The lowest BCUT2D eigenvalue weighted by Crippen LogP contribution is -2.30. The quantitative estimate of drug-likeness (QED) is 0.819. The van der Waals surface area contributed by atoms with Gasteiger partial charge in [-0.05, 0) is 24.1 Å². The second kappa shape index (κ2) is 6.06. The minimum absolute atomic E-state index is 0.0178. The summed E-state index contributed by atoms with van der Waals surface area (Å²) in [4.78, 5) is 11.6. The predicted octanol–water partition coefficient (Wildman–Crippen LogP) is 3.17. The van der Waals surface area contributed by atoms with Gasteiger partial charge in [-0.3, -0.25) is 4.79 Å². The van der Waals surface area contributed by atoms with E-state index in [1.54, 1.807) is 0 Å². The van der Waals surface area contributed by atoms with Crippen molar-refractivity contribution in [2.24, 2.45) is 0 Å². The molecule has 0 saturated carbocycles. The van der Waals surface area contributed by atoms with Crippen molar-refractivity contribution < 1.29 is 9.53 Å². The molecule has 1 aliphatic rings. The fourth-order valence-electron chi connectivity index (χ4n) is 1.96. The second-order valence-corrected chi connectivity index (χ2v) is 6.27. The molecule has 1 heterocycles. The highest BCUT2D eigenvalue weighted by molar-refractivity contribution is 9.10. The van der Waals surface area contributed by atoms with E-state index in [-0.39, 0.29) is 10.7 Å². The summed E-state index contributed by atoms with van der Waals surface area (Å²) in [6, 6.07) is 4.08. The number of benzene rings is 1. The monoisotopic (exact) mass is 375 g/mol. The van der Waals surface area contributed by atoms with Crippen LogP contribution in [0.2, 0.25) is 0 Å². The molecule has 0 aliphatic carbocycles. The van der Waals surface area contributed by atoms with Gasteiger partial charge in [0.15, 0.2) is 0 Å². The van der Waals surface area contributed by atoms with Gasteiger partial charge >= 0.3 is 0 Å². The van der Waals surface area contributed by atoms with Gasteiger partial charge in [0.05, 0.1) is 11.4 Å². The zero-order valence-electron chi connectivity index (χ0n) is 10.1. The van der Waals surface area contributed by atoms with Gasteiger partial charge in [-0.25, -0.2) is 0 Å². The smallest absolute Gasteiger partial charge is 0.234 e. The molecule has 3 nitrogen and oxygen atoms in total. The first-order valence-corrected chi connectivity index (χ1v) is 7.68. The summed E-state index contributed by atoms with van der Waals surface area (Å²) in [5.74, 6) is 0.949. The SMILES string of the molecule is CCC(Br)C(=O)NCc1cc(Br)cc2c1OCC2. The number of amides is 1. The Morgan fingerprint density at radius 3 is 3.06 bits per heavy atom. The first-order chi connectivity index (χ1) is 8.61. The molecule has 0 bridgehead atoms. The van der Waals surface area contributed by atoms with Crippen LogP contribution in [0.15, 0.2) is 16.6 Å². The largest absolute Gasteiger partial charge is 0.493 e. The number of hydrogen-bond acceptors (Lipinski definition) is 2. The number of hydrogen-bond donors (Lipinski definition) is 1. The zero-order valence-corrected chi connectivity index (χ0v) is 13.3. The van der Waals surface area contributed by atoms with E-state index in [4.69, 9.17) is 4.74 Å². The van der Waals surface area contributed by atoms with Gasteiger partial charge in [0, 0.05) is 23.0 Å². The second-order valence-electron chi connectivity index (χ2n) is 4.25. The number of carbonyl (C=O) groups is 1. The minimum atomic E-state index is -0.126. The highest BCUT2D eigenvalue weighted by atomic mass is 79.9. The number of fused-ring (bicyclic) bond motifs is 1. The van der Waals surface area contributed by atoms with Crippen molar-refractivity contribution in [2.75, 3.05) is 6.61 Å². The van der Waals surface area contributed by atoms with Gasteiger partial charge in [0.1, 0.15) is 5.75 Å². The van der Waals surface area contributed by atoms with Crippen molar-refractivity contribution in [3.63, 3.8) is 0 Å². The summed E-state index contributed by atoms with van der Waals surface area (Å²) in [5.41, 5.74) is 2.24. The molecule has 1 atom stereocenters. The number of rotatable bonds is 4. The van der Waals surface area contributed by atoms with Crippen LogP contribution in [-0.4, -0.2) is 17.3 Å². The van der Waals surface area contributed by atoms with E-state index in [0.717, 1.165) is 35.2 Å². The molecule has 5 heteroatoms. The first kappa shape index (κ1) is 13.9. The van der Waals surface area contributed by atoms with E-state index >= 15 is 0 Å². The summed E-state index contributed by atoms with van der Waals surface area (Å²) < 4.78 is 6.65. The molecule has 1 aromatic rings. The Bertz CT molecular complexity index is 463. The van der Waals surface area contributed by atoms with Crippen LogP contribution in [-0.2, 0) is 17.8 Å². The fraction of sp³-hybridized carbons (Fsp3) is 0.462. The van der Waals surface area contributed by atoms with E-state index < -0.39 is 0 Å². The molecule has 0 fully saturated rings. The molecule has 18 heavy (non-hydrogen) atoms. The summed E-state index contributed by atoms with van der Waals surface area (Å²) >= 11 is 6.83. The van der Waals surface area contributed by atoms with E-state index in [2.05, 4.69) is 43.2 Å². The van der Waals surface area contributed by atoms with Crippen LogP contribution in [0.4, 0.5) is 0 Å². The van der Waals surface area contributed by atoms with Crippen LogP contribution in [0.3, 0.4) is 0 Å². The lowest BCUT2D eigenvalue weighted by atomic mass is 10.1. The van der Waals surface area contributed by atoms with Crippen LogP contribution in [0, 0.1) is 0 Å². The van der Waals surface area contributed by atoms with E-state index in [1.165, 1.54) is 5.56 Å². The van der Waals surface area contributed by atoms with E-state index in [1.807, 2.05) is 13.0 Å². The van der Waals surface area contributed by atoms with Crippen molar-refractivity contribution in [1.82, 2.24) is 5.32 Å². The van der Waals surface area contributed by atoms with Crippen LogP contribution in [0.25, 0.3) is 0 Å². The number of nitrogens with one attached hydrogen (secondary N) is 1. The maximum absolute atomic E-state index is 11.7. The zero-order chi connectivity index (χ0) is 13.1. The van der Waals surface area contributed by atoms with Gasteiger partial charge < -0.3 is 10.1 Å². The van der Waals surface area contributed by atoms with Gasteiger partial charge in [0.2, 0.25) is 5.91 Å². The number of alkyl halides is 1. The lowest BCUT2D eigenvalue weighted by Gasteiger charge is -2.12. The van der Waals surface area contributed by atoms with Crippen molar-refractivity contribution in [1.29, 1.82) is 0 Å². The molecule has 2 rings (SSSR count). The summed E-state index contributed by atoms with van der Waals surface area (Å²) in [6.45, 7) is 3.20.